The van der Waals surface area contributed by atoms with Gasteiger partial charge in [0.25, 0.3) is 0 Å². The van der Waals surface area contributed by atoms with Crippen molar-refractivity contribution in [1.29, 1.82) is 0 Å². The fourth-order valence-corrected chi connectivity index (χ4v) is 0.755. The summed E-state index contributed by atoms with van der Waals surface area (Å²) in [6, 6.07) is 5.02. The van der Waals surface area contributed by atoms with Crippen LogP contribution in [0.15, 0.2) is 24.3 Å². The molecule has 0 fully saturated rings. The number of carboxylic acid groups (broad SMARTS) is 2. The average Bonchev–Trinajstić information content (AvgIpc) is 2.29. The predicted molar refractivity (Wildman–Crippen MR) is 58.9 cm³/mol. The Hall–Kier alpha value is -1.92. The second kappa shape index (κ2) is 7.37. The van der Waals surface area contributed by atoms with E-state index in [0.717, 1.165) is 0 Å². The molecule has 0 heterocycles. The molecular weight excluding hydrogens is 228 g/mol. The molecule has 1 rings (SSSR count). The van der Waals surface area contributed by atoms with E-state index < -0.39 is 18.2 Å². The van der Waals surface area contributed by atoms with Crippen LogP contribution in [0, 0.1) is 0 Å². The van der Waals surface area contributed by atoms with Crippen molar-refractivity contribution >= 4 is 11.9 Å². The van der Waals surface area contributed by atoms with E-state index in [0.29, 0.717) is 6.42 Å². The third-order valence-electron chi connectivity index (χ3n) is 1.74. The monoisotopic (exact) mass is 242 g/mol. The third kappa shape index (κ3) is 6.29. The van der Waals surface area contributed by atoms with E-state index in [1.54, 1.807) is 6.92 Å². The molecule has 94 valence electrons. The molecule has 0 bridgehead atoms. The Morgan fingerprint density at radius 3 is 1.35 bits per heavy atom. The first-order valence-corrected chi connectivity index (χ1v) is 4.81. The van der Waals surface area contributed by atoms with Gasteiger partial charge in [0.15, 0.2) is 6.29 Å². The highest BCUT2D eigenvalue weighted by atomic mass is 16.5. The van der Waals surface area contributed by atoms with E-state index >= 15 is 0 Å². The van der Waals surface area contributed by atoms with Gasteiger partial charge < -0.3 is 20.4 Å². The van der Waals surface area contributed by atoms with Crippen molar-refractivity contribution in [3.05, 3.63) is 35.4 Å². The summed E-state index contributed by atoms with van der Waals surface area (Å²) in [5.41, 5.74) is 0.167. The maximum Gasteiger partial charge on any atom is 0.335 e. The molecule has 4 N–H and O–H groups in total. The summed E-state index contributed by atoms with van der Waals surface area (Å²) in [6.45, 7) is 1.70. The molecule has 0 saturated carbocycles. The summed E-state index contributed by atoms with van der Waals surface area (Å²) in [6.07, 6.45) is -0.699. The predicted octanol–water partition coefficient (Wildman–Crippen LogP) is 0.790. The molecule has 0 atom stereocenters. The van der Waals surface area contributed by atoms with Crippen LogP contribution in [0.4, 0.5) is 0 Å². The Kier molecular flexibility index (Phi) is 6.54. The average molecular weight is 242 g/mol. The van der Waals surface area contributed by atoms with Gasteiger partial charge in [0.05, 0.1) is 11.1 Å². The van der Waals surface area contributed by atoms with E-state index in [-0.39, 0.29) is 11.1 Å². The van der Waals surface area contributed by atoms with E-state index in [9.17, 15) is 9.59 Å². The van der Waals surface area contributed by atoms with Gasteiger partial charge in [0, 0.05) is 0 Å². The van der Waals surface area contributed by atoms with Crippen molar-refractivity contribution in [1.82, 2.24) is 0 Å². The number of rotatable bonds is 3. The molecule has 0 spiro atoms. The minimum Gasteiger partial charge on any atom is -0.478 e. The molecule has 6 nitrogen and oxygen atoms in total. The molecule has 6 heteroatoms. The summed E-state index contributed by atoms with van der Waals surface area (Å²) in [4.78, 5) is 20.7. The largest absolute Gasteiger partial charge is 0.478 e. The minimum atomic E-state index is -1.12. The van der Waals surface area contributed by atoms with Crippen molar-refractivity contribution in [2.45, 2.75) is 19.6 Å². The summed E-state index contributed by atoms with van der Waals surface area (Å²) in [5, 5.41) is 32.8. The lowest BCUT2D eigenvalue weighted by Crippen LogP contribution is -1.99. The van der Waals surface area contributed by atoms with E-state index in [1.807, 2.05) is 0 Å². The molecular formula is C11H14O6. The minimum absolute atomic E-state index is 0.0833. The highest BCUT2D eigenvalue weighted by Gasteiger charge is 2.04. The van der Waals surface area contributed by atoms with Gasteiger partial charge in [0.1, 0.15) is 0 Å². The van der Waals surface area contributed by atoms with Gasteiger partial charge in [-0.1, -0.05) is 6.92 Å². The van der Waals surface area contributed by atoms with Crippen LogP contribution in [-0.4, -0.2) is 38.7 Å². The highest BCUT2D eigenvalue weighted by Crippen LogP contribution is 2.03. The van der Waals surface area contributed by atoms with Gasteiger partial charge >= 0.3 is 11.9 Å². The van der Waals surface area contributed by atoms with Gasteiger partial charge in [0.2, 0.25) is 0 Å². The normalized spacial score (nSPS) is 9.41. The first kappa shape index (κ1) is 15.1. The molecule has 0 amide bonds. The first-order chi connectivity index (χ1) is 7.88. The number of carboxylic acids is 2. The molecule has 0 aliphatic carbocycles. The third-order valence-corrected chi connectivity index (χ3v) is 1.74. The molecule has 0 unspecified atom stereocenters. The van der Waals surface area contributed by atoms with Gasteiger partial charge in [-0.2, -0.15) is 0 Å². The summed E-state index contributed by atoms with van der Waals surface area (Å²) in [5.74, 6) is -2.13. The molecule has 0 aliphatic heterocycles. The zero-order valence-corrected chi connectivity index (χ0v) is 9.20. The Morgan fingerprint density at radius 2 is 1.24 bits per heavy atom. The van der Waals surface area contributed by atoms with Crippen LogP contribution in [0.25, 0.3) is 0 Å². The second-order valence-electron chi connectivity index (χ2n) is 3.08. The molecule has 1 aromatic rings. The lowest BCUT2D eigenvalue weighted by atomic mass is 10.1. The molecule has 17 heavy (non-hydrogen) atoms. The quantitative estimate of drug-likeness (QED) is 0.582. The fourth-order valence-electron chi connectivity index (χ4n) is 0.755. The number of aliphatic hydroxyl groups is 2. The molecule has 0 radical (unpaired) electrons. The van der Waals surface area contributed by atoms with Gasteiger partial charge in [-0.3, -0.25) is 0 Å². The van der Waals surface area contributed by atoms with Gasteiger partial charge in [-0.25, -0.2) is 9.59 Å². The molecule has 1 aromatic carbocycles. The summed E-state index contributed by atoms with van der Waals surface area (Å²) in [7, 11) is 0. The Balaban J connectivity index is 0.000000437. The Bertz CT molecular complexity index is 335. The van der Waals surface area contributed by atoms with Crippen molar-refractivity contribution in [2.75, 3.05) is 0 Å². The Morgan fingerprint density at radius 1 is 1.00 bits per heavy atom. The molecule has 0 saturated heterocycles. The van der Waals surface area contributed by atoms with Crippen LogP contribution >= 0.6 is 0 Å². The van der Waals surface area contributed by atoms with Crippen molar-refractivity contribution in [3.8, 4) is 0 Å². The van der Waals surface area contributed by atoms with Crippen LogP contribution in [0.3, 0.4) is 0 Å². The van der Waals surface area contributed by atoms with Gasteiger partial charge in [-0.15, -0.1) is 0 Å². The first-order valence-electron chi connectivity index (χ1n) is 4.81. The molecule has 0 aromatic heterocycles. The van der Waals surface area contributed by atoms with Crippen LogP contribution in [0.1, 0.15) is 34.1 Å². The second-order valence-corrected chi connectivity index (χ2v) is 3.08. The maximum atomic E-state index is 10.3. The SMILES string of the molecule is CCC(O)O.O=C(O)c1ccc(C(=O)O)cc1. The number of carbonyl (C=O) groups is 2. The summed E-state index contributed by atoms with van der Waals surface area (Å²) >= 11 is 0. The number of hydrogen-bond acceptors (Lipinski definition) is 4. The number of aromatic carboxylic acids is 2. The molecule has 0 aliphatic rings. The van der Waals surface area contributed by atoms with E-state index in [4.69, 9.17) is 20.4 Å². The topological polar surface area (TPSA) is 115 Å². The van der Waals surface area contributed by atoms with Crippen LogP contribution in [0.5, 0.6) is 0 Å². The number of benzene rings is 1. The van der Waals surface area contributed by atoms with Gasteiger partial charge in [-0.05, 0) is 30.7 Å². The van der Waals surface area contributed by atoms with Crippen LogP contribution in [-0.2, 0) is 0 Å². The van der Waals surface area contributed by atoms with Crippen molar-refractivity contribution < 1.29 is 30.0 Å². The lowest BCUT2D eigenvalue weighted by Gasteiger charge is -1.94. The number of aliphatic hydroxyl groups excluding tert-OH is 1. The lowest BCUT2D eigenvalue weighted by molar-refractivity contribution is -0.0413. The Labute approximate surface area is 97.8 Å². The maximum absolute atomic E-state index is 10.3. The van der Waals surface area contributed by atoms with Crippen LogP contribution in [0.2, 0.25) is 0 Å². The van der Waals surface area contributed by atoms with E-state index in [2.05, 4.69) is 0 Å². The van der Waals surface area contributed by atoms with Crippen molar-refractivity contribution in [2.24, 2.45) is 0 Å². The highest BCUT2D eigenvalue weighted by molar-refractivity contribution is 5.91. The standard InChI is InChI=1S/C8H6O4.C3H8O2/c9-7(10)5-1-2-6(4-3-5)8(11)12;1-2-3(4)5/h1-4H,(H,9,10)(H,11,12);3-5H,2H2,1H3. The van der Waals surface area contributed by atoms with Crippen molar-refractivity contribution in [3.63, 3.8) is 0 Å². The van der Waals surface area contributed by atoms with E-state index in [1.165, 1.54) is 24.3 Å². The zero-order valence-electron chi connectivity index (χ0n) is 9.20. The number of hydrogen-bond donors (Lipinski definition) is 4. The smallest absolute Gasteiger partial charge is 0.335 e. The fraction of sp³-hybridized carbons (Fsp3) is 0.273. The van der Waals surface area contributed by atoms with Crippen LogP contribution < -0.4 is 0 Å². The summed E-state index contributed by atoms with van der Waals surface area (Å²) < 4.78 is 0. The zero-order chi connectivity index (χ0) is 13.4.